The molecule has 0 spiro atoms. The number of sulfonamides is 1. The maximum absolute atomic E-state index is 11.9. The highest BCUT2D eigenvalue weighted by atomic mass is 32.2. The van der Waals surface area contributed by atoms with E-state index in [1.807, 2.05) is 6.92 Å². The lowest BCUT2D eigenvalue weighted by molar-refractivity contribution is -0.0448. The molecule has 0 aliphatic heterocycles. The summed E-state index contributed by atoms with van der Waals surface area (Å²) in [6.07, 6.45) is 0. The molecule has 7 heteroatoms. The fourth-order valence-corrected chi connectivity index (χ4v) is 1.49. The van der Waals surface area contributed by atoms with Gasteiger partial charge in [-0.3, -0.25) is 0 Å². The van der Waals surface area contributed by atoms with Crippen LogP contribution in [0.1, 0.15) is 11.1 Å². The van der Waals surface area contributed by atoms with Gasteiger partial charge in [-0.2, -0.15) is 13.2 Å². The highest BCUT2D eigenvalue weighted by Crippen LogP contribution is 2.21. The Morgan fingerprint density at radius 2 is 1.69 bits per heavy atom. The summed E-state index contributed by atoms with van der Waals surface area (Å²) < 4.78 is 58.6. The molecule has 0 saturated heterocycles. The van der Waals surface area contributed by atoms with Crippen molar-refractivity contribution in [2.75, 3.05) is 0 Å². The number of benzene rings is 1. The Kier molecular flexibility index (Phi) is 3.59. The first-order valence-electron chi connectivity index (χ1n) is 4.34. The standard InChI is InChI=1S/C9H10F3NO2S/c1-7-2-4-8(5-3-7)6-13-16(14,15)9(10,11)12/h2-5,13H,6H2,1H3. The molecule has 0 heterocycles. The van der Waals surface area contributed by atoms with Crippen LogP contribution in [0.2, 0.25) is 0 Å². The van der Waals surface area contributed by atoms with Crippen molar-refractivity contribution < 1.29 is 21.6 Å². The first kappa shape index (κ1) is 13.0. The van der Waals surface area contributed by atoms with Crippen LogP contribution >= 0.6 is 0 Å². The van der Waals surface area contributed by atoms with Crippen LogP contribution in [0, 0.1) is 6.92 Å². The quantitative estimate of drug-likeness (QED) is 0.894. The van der Waals surface area contributed by atoms with Gasteiger partial charge >= 0.3 is 15.5 Å². The van der Waals surface area contributed by atoms with Crippen LogP contribution in [-0.2, 0) is 16.6 Å². The Morgan fingerprint density at radius 1 is 1.19 bits per heavy atom. The molecule has 0 aliphatic carbocycles. The van der Waals surface area contributed by atoms with E-state index in [1.54, 1.807) is 24.3 Å². The highest BCUT2D eigenvalue weighted by Gasteiger charge is 2.45. The highest BCUT2D eigenvalue weighted by molar-refractivity contribution is 7.90. The summed E-state index contributed by atoms with van der Waals surface area (Å²) in [5, 5.41) is 0. The number of nitrogens with one attached hydrogen (secondary N) is 1. The average Bonchev–Trinajstić information content (AvgIpc) is 2.15. The van der Waals surface area contributed by atoms with Crippen molar-refractivity contribution in [2.45, 2.75) is 19.0 Å². The Labute approximate surface area is 91.3 Å². The second-order valence-electron chi connectivity index (χ2n) is 3.26. The Balaban J connectivity index is 2.69. The molecule has 90 valence electrons. The van der Waals surface area contributed by atoms with Crippen LogP contribution in [0.25, 0.3) is 0 Å². The third kappa shape index (κ3) is 3.21. The molecule has 0 unspecified atom stereocenters. The van der Waals surface area contributed by atoms with Gasteiger partial charge in [0.05, 0.1) is 0 Å². The minimum absolute atomic E-state index is 0.373. The maximum atomic E-state index is 11.9. The third-order valence-corrected chi connectivity index (χ3v) is 3.03. The largest absolute Gasteiger partial charge is 0.511 e. The van der Waals surface area contributed by atoms with E-state index in [9.17, 15) is 21.6 Å². The first-order valence-corrected chi connectivity index (χ1v) is 5.82. The van der Waals surface area contributed by atoms with Crippen molar-refractivity contribution in [1.82, 2.24) is 4.72 Å². The molecule has 16 heavy (non-hydrogen) atoms. The molecule has 1 rings (SSSR count). The lowest BCUT2D eigenvalue weighted by atomic mass is 10.2. The molecular formula is C9H10F3NO2S. The number of halogens is 3. The van der Waals surface area contributed by atoms with Gasteiger partial charge in [-0.1, -0.05) is 29.8 Å². The summed E-state index contributed by atoms with van der Waals surface area (Å²) in [6.45, 7) is 1.45. The molecule has 1 aromatic rings. The Bertz CT molecular complexity index is 451. The van der Waals surface area contributed by atoms with Gasteiger partial charge < -0.3 is 0 Å². The van der Waals surface area contributed by atoms with E-state index in [0.717, 1.165) is 5.56 Å². The maximum Gasteiger partial charge on any atom is 0.511 e. The van der Waals surface area contributed by atoms with Crippen molar-refractivity contribution >= 4 is 10.0 Å². The van der Waals surface area contributed by atoms with E-state index in [4.69, 9.17) is 0 Å². The molecule has 1 aromatic carbocycles. The third-order valence-electron chi connectivity index (χ3n) is 1.89. The number of hydrogen-bond acceptors (Lipinski definition) is 2. The summed E-state index contributed by atoms with van der Waals surface area (Å²) >= 11 is 0. The minimum atomic E-state index is -5.27. The topological polar surface area (TPSA) is 46.2 Å². The summed E-state index contributed by atoms with van der Waals surface area (Å²) in [7, 11) is -5.26. The summed E-state index contributed by atoms with van der Waals surface area (Å²) in [5.74, 6) is 0. The van der Waals surface area contributed by atoms with Crippen molar-refractivity contribution in [3.8, 4) is 0 Å². The molecule has 0 bridgehead atoms. The van der Waals surface area contributed by atoms with Gasteiger partial charge in [0, 0.05) is 6.54 Å². The van der Waals surface area contributed by atoms with E-state index < -0.39 is 15.5 Å². The molecule has 0 aliphatic rings. The Morgan fingerprint density at radius 3 is 2.12 bits per heavy atom. The smallest absolute Gasteiger partial charge is 0.203 e. The summed E-state index contributed by atoms with van der Waals surface area (Å²) in [6, 6.07) is 6.51. The van der Waals surface area contributed by atoms with Gasteiger partial charge in [0.2, 0.25) is 0 Å². The summed E-state index contributed by atoms with van der Waals surface area (Å²) in [4.78, 5) is 0. The number of alkyl halides is 3. The van der Waals surface area contributed by atoms with Gasteiger partial charge in [-0.05, 0) is 12.5 Å². The monoisotopic (exact) mass is 253 g/mol. The fourth-order valence-electron chi connectivity index (χ4n) is 0.966. The van der Waals surface area contributed by atoms with Crippen LogP contribution in [-0.4, -0.2) is 13.9 Å². The van der Waals surface area contributed by atoms with E-state index >= 15 is 0 Å². The normalized spacial score (nSPS) is 12.8. The zero-order valence-electron chi connectivity index (χ0n) is 8.38. The van der Waals surface area contributed by atoms with Gasteiger partial charge in [0.25, 0.3) is 0 Å². The van der Waals surface area contributed by atoms with Gasteiger partial charge in [-0.15, -0.1) is 0 Å². The second kappa shape index (κ2) is 4.42. The van der Waals surface area contributed by atoms with Crippen LogP contribution in [0.5, 0.6) is 0 Å². The summed E-state index contributed by atoms with van der Waals surface area (Å²) in [5.41, 5.74) is -3.85. The fraction of sp³-hybridized carbons (Fsp3) is 0.333. The molecule has 0 atom stereocenters. The molecule has 0 amide bonds. The zero-order chi connectivity index (χ0) is 12.4. The SMILES string of the molecule is Cc1ccc(CNS(=O)(=O)C(F)(F)F)cc1. The Hall–Kier alpha value is -1.08. The number of hydrogen-bond donors (Lipinski definition) is 1. The average molecular weight is 253 g/mol. The van der Waals surface area contributed by atoms with E-state index in [1.165, 1.54) is 4.72 Å². The molecule has 0 fully saturated rings. The molecule has 1 N–H and O–H groups in total. The van der Waals surface area contributed by atoms with Gasteiger partial charge in [0.1, 0.15) is 0 Å². The van der Waals surface area contributed by atoms with Crippen molar-refractivity contribution in [2.24, 2.45) is 0 Å². The van der Waals surface area contributed by atoms with E-state index in [2.05, 4.69) is 0 Å². The first-order chi connectivity index (χ1) is 7.22. The van der Waals surface area contributed by atoms with Crippen LogP contribution in [0.4, 0.5) is 13.2 Å². The predicted octanol–water partition coefficient (Wildman–Crippen LogP) is 1.93. The second-order valence-corrected chi connectivity index (χ2v) is 5.01. The van der Waals surface area contributed by atoms with Crippen molar-refractivity contribution in [1.29, 1.82) is 0 Å². The van der Waals surface area contributed by atoms with Gasteiger partial charge in [0.15, 0.2) is 0 Å². The van der Waals surface area contributed by atoms with Crippen LogP contribution in [0.15, 0.2) is 24.3 Å². The van der Waals surface area contributed by atoms with Crippen molar-refractivity contribution in [3.63, 3.8) is 0 Å². The molecule has 0 aromatic heterocycles. The lowest BCUT2D eigenvalue weighted by Crippen LogP contribution is -2.35. The lowest BCUT2D eigenvalue weighted by Gasteiger charge is -2.09. The molecular weight excluding hydrogens is 243 g/mol. The van der Waals surface area contributed by atoms with Gasteiger partial charge in [-0.25, -0.2) is 13.1 Å². The van der Waals surface area contributed by atoms with Crippen LogP contribution < -0.4 is 4.72 Å². The van der Waals surface area contributed by atoms with Crippen molar-refractivity contribution in [3.05, 3.63) is 35.4 Å². The number of aryl methyl sites for hydroxylation is 1. The minimum Gasteiger partial charge on any atom is -0.203 e. The molecule has 0 saturated carbocycles. The zero-order valence-corrected chi connectivity index (χ0v) is 9.19. The predicted molar refractivity (Wildman–Crippen MR) is 53.0 cm³/mol. The van der Waals surface area contributed by atoms with E-state index in [0.29, 0.717) is 5.56 Å². The van der Waals surface area contributed by atoms with E-state index in [-0.39, 0.29) is 6.54 Å². The number of rotatable bonds is 3. The molecule has 0 radical (unpaired) electrons. The molecule has 3 nitrogen and oxygen atoms in total. The van der Waals surface area contributed by atoms with Crippen LogP contribution in [0.3, 0.4) is 0 Å².